The SMILES string of the molecule is ClC(Cl)(Cl)c1ncc[nH]1. The average molecular weight is 185 g/mol. The van der Waals surface area contributed by atoms with Gasteiger partial charge in [-0.05, 0) is 0 Å². The zero-order valence-electron chi connectivity index (χ0n) is 4.24. The van der Waals surface area contributed by atoms with Gasteiger partial charge in [-0.2, -0.15) is 0 Å². The van der Waals surface area contributed by atoms with Gasteiger partial charge in [0.1, 0.15) is 0 Å². The highest BCUT2D eigenvalue weighted by Gasteiger charge is 2.24. The van der Waals surface area contributed by atoms with Crippen LogP contribution in [-0.2, 0) is 3.79 Å². The number of nitrogens with one attached hydrogen (secondary N) is 1. The number of nitrogens with zero attached hydrogens (tertiary/aromatic N) is 1. The van der Waals surface area contributed by atoms with Gasteiger partial charge in [-0.15, -0.1) is 0 Å². The fourth-order valence-corrected chi connectivity index (χ4v) is 0.730. The van der Waals surface area contributed by atoms with Gasteiger partial charge in [0.25, 0.3) is 0 Å². The number of aromatic amines is 1. The molecule has 1 aromatic rings. The van der Waals surface area contributed by atoms with Crippen molar-refractivity contribution in [1.29, 1.82) is 0 Å². The lowest BCUT2D eigenvalue weighted by atomic mass is 10.7. The number of H-pyrrole nitrogens is 1. The molecule has 0 saturated heterocycles. The Labute approximate surface area is 67.1 Å². The minimum atomic E-state index is -1.43. The van der Waals surface area contributed by atoms with Gasteiger partial charge in [-0.25, -0.2) is 4.98 Å². The van der Waals surface area contributed by atoms with Crippen LogP contribution in [0.2, 0.25) is 0 Å². The van der Waals surface area contributed by atoms with Crippen molar-refractivity contribution in [3.63, 3.8) is 0 Å². The third kappa shape index (κ3) is 1.75. The Hall–Kier alpha value is 0.0800. The van der Waals surface area contributed by atoms with Gasteiger partial charge in [0.2, 0.25) is 3.79 Å². The van der Waals surface area contributed by atoms with E-state index in [2.05, 4.69) is 9.97 Å². The average Bonchev–Trinajstić information content (AvgIpc) is 2.08. The van der Waals surface area contributed by atoms with Crippen LogP contribution in [0, 0.1) is 0 Å². The van der Waals surface area contributed by atoms with Gasteiger partial charge in [-0.1, -0.05) is 34.8 Å². The highest BCUT2D eigenvalue weighted by molar-refractivity contribution is 6.66. The molecular formula is C4H3Cl3N2. The molecule has 1 heterocycles. The maximum atomic E-state index is 5.44. The van der Waals surface area contributed by atoms with Crippen molar-refractivity contribution < 1.29 is 0 Å². The first-order valence-electron chi connectivity index (χ1n) is 2.17. The van der Waals surface area contributed by atoms with Crippen molar-refractivity contribution in [1.82, 2.24) is 9.97 Å². The molecule has 0 atom stereocenters. The van der Waals surface area contributed by atoms with Crippen molar-refractivity contribution in [2.24, 2.45) is 0 Å². The summed E-state index contributed by atoms with van der Waals surface area (Å²) in [7, 11) is 0. The number of rotatable bonds is 0. The number of hydrogen-bond donors (Lipinski definition) is 1. The van der Waals surface area contributed by atoms with Gasteiger partial charge in [0, 0.05) is 12.4 Å². The molecule has 0 radical (unpaired) electrons. The van der Waals surface area contributed by atoms with E-state index in [9.17, 15) is 0 Å². The van der Waals surface area contributed by atoms with Crippen molar-refractivity contribution in [3.05, 3.63) is 18.2 Å². The molecule has 1 rings (SSSR count). The number of halogens is 3. The van der Waals surface area contributed by atoms with E-state index in [4.69, 9.17) is 34.8 Å². The van der Waals surface area contributed by atoms with Crippen LogP contribution in [0.15, 0.2) is 12.4 Å². The maximum absolute atomic E-state index is 5.44. The number of aromatic nitrogens is 2. The molecule has 0 aliphatic heterocycles. The normalized spacial score (nSPS) is 11.9. The molecule has 2 nitrogen and oxygen atoms in total. The second-order valence-corrected chi connectivity index (χ2v) is 3.72. The monoisotopic (exact) mass is 184 g/mol. The predicted molar refractivity (Wildman–Crippen MR) is 37.8 cm³/mol. The summed E-state index contributed by atoms with van der Waals surface area (Å²) >= 11 is 16.3. The summed E-state index contributed by atoms with van der Waals surface area (Å²) in [4.78, 5) is 6.41. The minimum absolute atomic E-state index is 0.340. The van der Waals surface area contributed by atoms with Crippen molar-refractivity contribution in [2.75, 3.05) is 0 Å². The van der Waals surface area contributed by atoms with Crippen LogP contribution in [0.3, 0.4) is 0 Å². The van der Waals surface area contributed by atoms with Gasteiger partial charge < -0.3 is 4.98 Å². The summed E-state index contributed by atoms with van der Waals surface area (Å²) in [5, 5.41) is 0. The number of hydrogen-bond acceptors (Lipinski definition) is 1. The lowest BCUT2D eigenvalue weighted by Crippen LogP contribution is -2.01. The molecule has 0 aliphatic rings. The van der Waals surface area contributed by atoms with E-state index in [-0.39, 0.29) is 0 Å². The predicted octanol–water partition coefficient (Wildman–Crippen LogP) is 2.24. The molecule has 1 aromatic heterocycles. The third-order valence-electron chi connectivity index (χ3n) is 0.767. The second kappa shape index (κ2) is 2.37. The minimum Gasteiger partial charge on any atom is -0.345 e. The molecule has 0 bridgehead atoms. The summed E-state index contributed by atoms with van der Waals surface area (Å²) in [6, 6.07) is 0. The van der Waals surface area contributed by atoms with Crippen LogP contribution in [-0.4, -0.2) is 9.97 Å². The Morgan fingerprint density at radius 3 is 2.33 bits per heavy atom. The Bertz CT molecular complexity index is 176. The van der Waals surface area contributed by atoms with Gasteiger partial charge in [0.05, 0.1) is 0 Å². The number of alkyl halides is 3. The Morgan fingerprint density at radius 2 is 2.11 bits per heavy atom. The Morgan fingerprint density at radius 1 is 1.44 bits per heavy atom. The molecule has 0 amide bonds. The molecule has 0 saturated carbocycles. The van der Waals surface area contributed by atoms with Crippen molar-refractivity contribution >= 4 is 34.8 Å². The maximum Gasteiger partial charge on any atom is 0.248 e. The summed E-state index contributed by atoms with van der Waals surface area (Å²) in [5.74, 6) is 0.340. The first-order chi connectivity index (χ1) is 4.11. The molecule has 1 N–H and O–H groups in total. The van der Waals surface area contributed by atoms with Crippen LogP contribution in [0.4, 0.5) is 0 Å². The quantitative estimate of drug-likeness (QED) is 0.617. The van der Waals surface area contributed by atoms with Crippen LogP contribution in [0.1, 0.15) is 5.82 Å². The molecule has 0 fully saturated rings. The molecule has 5 heteroatoms. The molecule has 0 spiro atoms. The van der Waals surface area contributed by atoms with E-state index < -0.39 is 3.79 Å². The van der Waals surface area contributed by atoms with Gasteiger partial charge in [-0.3, -0.25) is 0 Å². The summed E-state index contributed by atoms with van der Waals surface area (Å²) in [5.41, 5.74) is 0. The lowest BCUT2D eigenvalue weighted by molar-refractivity contribution is 1.03. The molecule has 0 aromatic carbocycles. The summed E-state index contributed by atoms with van der Waals surface area (Å²) in [6.45, 7) is 0. The highest BCUT2D eigenvalue weighted by atomic mass is 35.6. The van der Waals surface area contributed by atoms with Crippen LogP contribution < -0.4 is 0 Å². The van der Waals surface area contributed by atoms with Crippen molar-refractivity contribution in [3.8, 4) is 0 Å². The topological polar surface area (TPSA) is 28.7 Å². The smallest absolute Gasteiger partial charge is 0.248 e. The first kappa shape index (κ1) is 7.19. The summed E-state index contributed by atoms with van der Waals surface area (Å²) < 4.78 is -1.43. The first-order valence-corrected chi connectivity index (χ1v) is 3.30. The Kier molecular flexibility index (Phi) is 1.89. The largest absolute Gasteiger partial charge is 0.345 e. The fourth-order valence-electron chi connectivity index (χ4n) is 0.420. The molecule has 9 heavy (non-hydrogen) atoms. The van der Waals surface area contributed by atoms with E-state index >= 15 is 0 Å². The molecule has 0 aliphatic carbocycles. The Balaban J connectivity index is 2.90. The van der Waals surface area contributed by atoms with Crippen LogP contribution in [0.5, 0.6) is 0 Å². The van der Waals surface area contributed by atoms with Gasteiger partial charge >= 0.3 is 0 Å². The fraction of sp³-hybridized carbons (Fsp3) is 0.250. The van der Waals surface area contributed by atoms with E-state index in [1.54, 1.807) is 6.20 Å². The van der Waals surface area contributed by atoms with E-state index in [0.717, 1.165) is 0 Å². The molecule has 0 unspecified atom stereocenters. The third-order valence-corrected chi connectivity index (χ3v) is 1.30. The highest BCUT2D eigenvalue weighted by Crippen LogP contribution is 2.35. The van der Waals surface area contributed by atoms with Crippen molar-refractivity contribution in [2.45, 2.75) is 3.79 Å². The second-order valence-electron chi connectivity index (χ2n) is 1.44. The van der Waals surface area contributed by atoms with Crippen LogP contribution >= 0.6 is 34.8 Å². The van der Waals surface area contributed by atoms with E-state index in [0.29, 0.717) is 5.82 Å². The van der Waals surface area contributed by atoms with E-state index in [1.807, 2.05) is 0 Å². The zero-order valence-corrected chi connectivity index (χ0v) is 6.50. The zero-order chi connectivity index (χ0) is 6.91. The van der Waals surface area contributed by atoms with E-state index in [1.165, 1.54) is 6.20 Å². The summed E-state index contributed by atoms with van der Waals surface area (Å²) in [6.07, 6.45) is 3.12. The molecule has 50 valence electrons. The molecular weight excluding hydrogens is 182 g/mol. The lowest BCUT2D eigenvalue weighted by Gasteiger charge is -2.04. The standard InChI is InChI=1S/C4H3Cl3N2/c5-4(6,7)3-8-1-2-9-3/h1-2H,(H,8,9). The van der Waals surface area contributed by atoms with Crippen LogP contribution in [0.25, 0.3) is 0 Å². The number of imidazole rings is 1. The van der Waals surface area contributed by atoms with Gasteiger partial charge in [0.15, 0.2) is 5.82 Å².